The number of hydrogen-bond acceptors (Lipinski definition) is 7. The van der Waals surface area contributed by atoms with Gasteiger partial charge in [-0.05, 0) is 0 Å². The Balaban J connectivity index is 2.78. The maximum Gasteiger partial charge on any atom is 0.264 e. The summed E-state index contributed by atoms with van der Waals surface area (Å²) in [5, 5.41) is 18.8. The summed E-state index contributed by atoms with van der Waals surface area (Å²) in [6.07, 6.45) is -3.98. The molecule has 90 valence electrons. The maximum atomic E-state index is 10.9. The van der Waals surface area contributed by atoms with E-state index in [0.717, 1.165) is 6.26 Å². The molecule has 1 fully saturated rings. The molecule has 1 heterocycles. The first kappa shape index (κ1) is 12.8. The molecule has 0 spiro atoms. The highest BCUT2D eigenvalue weighted by atomic mass is 32.2. The summed E-state index contributed by atoms with van der Waals surface area (Å²) in [5.74, 6) is 0. The third-order valence-corrected chi connectivity index (χ3v) is 2.52. The first-order chi connectivity index (χ1) is 6.85. The van der Waals surface area contributed by atoms with Crippen LogP contribution < -0.4 is 0 Å². The van der Waals surface area contributed by atoms with Gasteiger partial charge in [0.05, 0.1) is 12.9 Å². The molecule has 0 saturated carbocycles. The zero-order valence-corrected chi connectivity index (χ0v) is 9.18. The molecule has 0 aromatic carbocycles. The molecule has 4 atom stereocenters. The Morgan fingerprint density at radius 1 is 1.40 bits per heavy atom. The van der Waals surface area contributed by atoms with Gasteiger partial charge in [0.1, 0.15) is 12.2 Å². The smallest absolute Gasteiger partial charge is 0.264 e. The van der Waals surface area contributed by atoms with Gasteiger partial charge in [0.2, 0.25) is 0 Å². The summed E-state index contributed by atoms with van der Waals surface area (Å²) in [6, 6.07) is 0. The topological polar surface area (TPSA) is 102 Å². The number of aliphatic hydroxyl groups excluding tert-OH is 2. The van der Waals surface area contributed by atoms with Crippen LogP contribution in [-0.4, -0.2) is 63.2 Å². The van der Waals surface area contributed by atoms with Crippen molar-refractivity contribution in [3.05, 3.63) is 0 Å². The predicted molar refractivity (Wildman–Crippen MR) is 48.5 cm³/mol. The average Bonchev–Trinajstić information content (AvgIpc) is 2.11. The van der Waals surface area contributed by atoms with Gasteiger partial charge in [-0.25, -0.2) is 0 Å². The second kappa shape index (κ2) is 4.73. The minimum absolute atomic E-state index is 0.136. The molecule has 15 heavy (non-hydrogen) atoms. The van der Waals surface area contributed by atoms with Crippen molar-refractivity contribution in [2.24, 2.45) is 0 Å². The predicted octanol–water partition coefficient (Wildman–Crippen LogP) is -1.94. The van der Waals surface area contributed by atoms with Crippen molar-refractivity contribution in [1.82, 2.24) is 0 Å². The summed E-state index contributed by atoms with van der Waals surface area (Å²) in [4.78, 5) is 0. The standard InChI is InChI=1S/C7H14O7S/c1-12-7-6(14-15(2,10)11)5(9)4(8)3-13-7/h4-9H,3H2,1-2H3/t4-,5-,6+,7-/m0/s1. The van der Waals surface area contributed by atoms with Gasteiger partial charge in [-0.15, -0.1) is 0 Å². The second-order valence-electron chi connectivity index (χ2n) is 3.26. The van der Waals surface area contributed by atoms with Gasteiger partial charge in [0.15, 0.2) is 12.4 Å². The Morgan fingerprint density at radius 3 is 2.47 bits per heavy atom. The highest BCUT2D eigenvalue weighted by Crippen LogP contribution is 2.20. The van der Waals surface area contributed by atoms with Crippen molar-refractivity contribution < 1.29 is 32.3 Å². The van der Waals surface area contributed by atoms with Crippen LogP contribution in [0.25, 0.3) is 0 Å². The molecule has 1 aliphatic rings. The van der Waals surface area contributed by atoms with Crippen molar-refractivity contribution in [2.75, 3.05) is 20.0 Å². The molecule has 0 aliphatic carbocycles. The van der Waals surface area contributed by atoms with Crippen molar-refractivity contribution in [1.29, 1.82) is 0 Å². The molecule has 7 nitrogen and oxygen atoms in total. The maximum absolute atomic E-state index is 10.9. The largest absolute Gasteiger partial charge is 0.388 e. The van der Waals surface area contributed by atoms with Crippen LogP contribution in [0, 0.1) is 0 Å². The highest BCUT2D eigenvalue weighted by Gasteiger charge is 2.41. The van der Waals surface area contributed by atoms with E-state index < -0.39 is 34.7 Å². The van der Waals surface area contributed by atoms with E-state index in [0.29, 0.717) is 0 Å². The van der Waals surface area contributed by atoms with E-state index in [-0.39, 0.29) is 6.61 Å². The minimum Gasteiger partial charge on any atom is -0.388 e. The number of ether oxygens (including phenoxy) is 2. The molecule has 0 unspecified atom stereocenters. The van der Waals surface area contributed by atoms with Crippen LogP contribution in [-0.2, 0) is 23.8 Å². The summed E-state index contributed by atoms with van der Waals surface area (Å²) in [6.45, 7) is -0.136. The Hall–Kier alpha value is -0.250. The van der Waals surface area contributed by atoms with Crippen LogP contribution in [0.3, 0.4) is 0 Å². The van der Waals surface area contributed by atoms with E-state index >= 15 is 0 Å². The van der Waals surface area contributed by atoms with Crippen molar-refractivity contribution in [3.63, 3.8) is 0 Å². The molecule has 0 radical (unpaired) electrons. The Labute approximate surface area is 87.7 Å². The van der Waals surface area contributed by atoms with Gasteiger partial charge in [-0.2, -0.15) is 8.42 Å². The van der Waals surface area contributed by atoms with Crippen molar-refractivity contribution in [3.8, 4) is 0 Å². The normalized spacial score (nSPS) is 37.9. The van der Waals surface area contributed by atoms with E-state index in [9.17, 15) is 18.6 Å². The van der Waals surface area contributed by atoms with E-state index in [4.69, 9.17) is 9.47 Å². The molecule has 8 heteroatoms. The van der Waals surface area contributed by atoms with Crippen LogP contribution in [0.4, 0.5) is 0 Å². The summed E-state index contributed by atoms with van der Waals surface area (Å²) >= 11 is 0. The number of hydrogen-bond donors (Lipinski definition) is 2. The Morgan fingerprint density at radius 2 is 2.00 bits per heavy atom. The van der Waals surface area contributed by atoms with Gasteiger partial charge < -0.3 is 19.7 Å². The van der Waals surface area contributed by atoms with Crippen molar-refractivity contribution >= 4 is 10.1 Å². The molecule has 1 saturated heterocycles. The van der Waals surface area contributed by atoms with E-state index in [1.54, 1.807) is 0 Å². The lowest BCUT2D eigenvalue weighted by Gasteiger charge is -2.36. The SMILES string of the molecule is CO[C@H]1OC[C@H](O)[C@H](O)[C@H]1OS(C)(=O)=O. The molecule has 0 bridgehead atoms. The fraction of sp³-hybridized carbons (Fsp3) is 1.00. The van der Waals surface area contributed by atoms with Gasteiger partial charge in [0.25, 0.3) is 10.1 Å². The summed E-state index contributed by atoms with van der Waals surface area (Å²) < 4.78 is 36.1. The quantitative estimate of drug-likeness (QED) is 0.555. The zero-order chi connectivity index (χ0) is 11.6. The van der Waals surface area contributed by atoms with Crippen LogP contribution in [0.15, 0.2) is 0 Å². The minimum atomic E-state index is -3.75. The van der Waals surface area contributed by atoms with Gasteiger partial charge in [-0.1, -0.05) is 0 Å². The highest BCUT2D eigenvalue weighted by molar-refractivity contribution is 7.86. The molecule has 1 rings (SSSR count). The lowest BCUT2D eigenvalue weighted by atomic mass is 10.1. The lowest BCUT2D eigenvalue weighted by Crippen LogP contribution is -2.55. The molecular weight excluding hydrogens is 228 g/mol. The summed E-state index contributed by atoms with van der Waals surface area (Å²) in [7, 11) is -2.47. The number of aliphatic hydroxyl groups is 2. The molecule has 1 aliphatic heterocycles. The van der Waals surface area contributed by atoms with Crippen LogP contribution in [0.5, 0.6) is 0 Å². The number of rotatable bonds is 3. The number of methoxy groups -OCH3 is 1. The third-order valence-electron chi connectivity index (χ3n) is 1.95. The van der Waals surface area contributed by atoms with Gasteiger partial charge >= 0.3 is 0 Å². The van der Waals surface area contributed by atoms with Gasteiger partial charge in [-0.3, -0.25) is 4.18 Å². The second-order valence-corrected chi connectivity index (χ2v) is 4.86. The zero-order valence-electron chi connectivity index (χ0n) is 8.36. The monoisotopic (exact) mass is 242 g/mol. The van der Waals surface area contributed by atoms with Gasteiger partial charge in [0, 0.05) is 7.11 Å². The fourth-order valence-corrected chi connectivity index (χ4v) is 1.88. The lowest BCUT2D eigenvalue weighted by molar-refractivity contribution is -0.253. The first-order valence-corrected chi connectivity index (χ1v) is 6.05. The Bertz CT molecular complexity index is 298. The Kier molecular flexibility index (Phi) is 4.04. The molecule has 0 aromatic rings. The molecule has 2 N–H and O–H groups in total. The van der Waals surface area contributed by atoms with Crippen LogP contribution in [0.1, 0.15) is 0 Å². The summed E-state index contributed by atoms with van der Waals surface area (Å²) in [5.41, 5.74) is 0. The first-order valence-electron chi connectivity index (χ1n) is 4.24. The molecule has 0 amide bonds. The average molecular weight is 242 g/mol. The van der Waals surface area contributed by atoms with Crippen molar-refractivity contribution in [2.45, 2.75) is 24.6 Å². The molecular formula is C7H14O7S. The van der Waals surface area contributed by atoms with Crippen LogP contribution in [0.2, 0.25) is 0 Å². The molecule has 0 aromatic heterocycles. The third kappa shape index (κ3) is 3.37. The van der Waals surface area contributed by atoms with E-state index in [1.165, 1.54) is 7.11 Å². The van der Waals surface area contributed by atoms with Crippen LogP contribution >= 0.6 is 0 Å². The fourth-order valence-electron chi connectivity index (χ4n) is 1.27. The van der Waals surface area contributed by atoms with E-state index in [1.807, 2.05) is 0 Å². The van der Waals surface area contributed by atoms with E-state index in [2.05, 4.69) is 4.18 Å².